The topological polar surface area (TPSA) is 105 Å². The predicted octanol–water partition coefficient (Wildman–Crippen LogP) is 5.82. The van der Waals surface area contributed by atoms with E-state index in [1.54, 1.807) is 36.4 Å². The highest BCUT2D eigenvalue weighted by molar-refractivity contribution is 5.95. The van der Waals surface area contributed by atoms with Gasteiger partial charge >= 0.3 is 0 Å². The molecule has 2 atom stereocenters. The molecule has 3 aromatic carbocycles. The highest BCUT2D eigenvalue weighted by Crippen LogP contribution is 2.65. The number of ether oxygens (including phenoxy) is 2. The Morgan fingerprint density at radius 1 is 1.05 bits per heavy atom. The Morgan fingerprint density at radius 3 is 2.57 bits per heavy atom. The van der Waals surface area contributed by atoms with Gasteiger partial charge in [0.05, 0.1) is 40.7 Å². The van der Waals surface area contributed by atoms with Crippen molar-refractivity contribution >= 4 is 16.6 Å². The number of carbonyl (C=O) groups is 1. The monoisotopic (exact) mass is 494 g/mol. The average molecular weight is 495 g/mol. The third kappa shape index (κ3) is 3.33. The van der Waals surface area contributed by atoms with Crippen LogP contribution >= 0.6 is 0 Å². The van der Waals surface area contributed by atoms with E-state index in [0.717, 1.165) is 10.8 Å². The van der Waals surface area contributed by atoms with Crippen molar-refractivity contribution in [3.63, 3.8) is 0 Å². The molecular formula is C30H26N2O5. The van der Waals surface area contributed by atoms with Crippen LogP contribution in [0.1, 0.15) is 60.2 Å². The fourth-order valence-corrected chi connectivity index (χ4v) is 6.05. The molecule has 0 unspecified atom stereocenters. The van der Waals surface area contributed by atoms with Gasteiger partial charge in [0.15, 0.2) is 5.78 Å². The van der Waals surface area contributed by atoms with Gasteiger partial charge in [-0.2, -0.15) is 5.26 Å². The number of nitriles is 1. The summed E-state index contributed by atoms with van der Waals surface area (Å²) in [7, 11) is 0. The maximum atomic E-state index is 11.7. The van der Waals surface area contributed by atoms with Crippen molar-refractivity contribution in [2.75, 3.05) is 6.61 Å². The van der Waals surface area contributed by atoms with Gasteiger partial charge in [-0.05, 0) is 51.0 Å². The van der Waals surface area contributed by atoms with Crippen LogP contribution in [0, 0.1) is 11.3 Å². The van der Waals surface area contributed by atoms with Gasteiger partial charge in [0.1, 0.15) is 11.4 Å². The zero-order chi connectivity index (χ0) is 25.9. The van der Waals surface area contributed by atoms with Crippen molar-refractivity contribution in [1.82, 2.24) is 4.57 Å². The van der Waals surface area contributed by atoms with E-state index in [2.05, 4.69) is 6.07 Å². The quantitative estimate of drug-likeness (QED) is 0.327. The van der Waals surface area contributed by atoms with Crippen molar-refractivity contribution < 1.29 is 24.5 Å². The van der Waals surface area contributed by atoms with Crippen molar-refractivity contribution in [3.8, 4) is 29.3 Å². The van der Waals surface area contributed by atoms with E-state index in [1.165, 1.54) is 11.5 Å². The number of nitrogens with zero attached hydrogens (tertiary/aromatic N) is 2. The van der Waals surface area contributed by atoms with Gasteiger partial charge < -0.3 is 19.7 Å². The standard InChI is InChI=1S/C30H26N2O5/c1-18(33)19-6-5-7-21(16-19)36-15-14-30-13-12-29(2,37-30)25-26(30)28(35)32(27(25)34)24-11-10-20(17-31)22-8-3-4-9-23(22)24/h3-11,16,34-35H,12-15H2,1-2H3/t29-,30-/m1/s1. The first-order valence-electron chi connectivity index (χ1n) is 12.3. The van der Waals surface area contributed by atoms with Crippen molar-refractivity contribution in [3.05, 3.63) is 82.9 Å². The van der Waals surface area contributed by atoms with Crippen molar-refractivity contribution in [2.45, 2.75) is 44.3 Å². The summed E-state index contributed by atoms with van der Waals surface area (Å²) in [6, 6.07) is 20.2. The second-order valence-corrected chi connectivity index (χ2v) is 10.0. The summed E-state index contributed by atoms with van der Waals surface area (Å²) in [4.78, 5) is 11.7. The highest BCUT2D eigenvalue weighted by atomic mass is 16.5. The molecule has 2 aliphatic rings. The van der Waals surface area contributed by atoms with E-state index >= 15 is 0 Å². The molecule has 0 amide bonds. The van der Waals surface area contributed by atoms with Crippen molar-refractivity contribution in [1.29, 1.82) is 5.26 Å². The molecule has 1 saturated heterocycles. The molecule has 7 nitrogen and oxygen atoms in total. The van der Waals surface area contributed by atoms with Crippen molar-refractivity contribution in [2.24, 2.45) is 0 Å². The van der Waals surface area contributed by atoms with E-state index in [1.807, 2.05) is 31.2 Å². The van der Waals surface area contributed by atoms with Gasteiger partial charge in [-0.25, -0.2) is 0 Å². The molecule has 0 spiro atoms. The number of ketones is 1. The minimum Gasteiger partial charge on any atom is -0.494 e. The number of benzene rings is 3. The zero-order valence-electron chi connectivity index (χ0n) is 20.6. The first-order chi connectivity index (χ1) is 17.8. The summed E-state index contributed by atoms with van der Waals surface area (Å²) in [6.07, 6.45) is 1.84. The Hall–Kier alpha value is -4.28. The van der Waals surface area contributed by atoms with Crippen LogP contribution in [0.3, 0.4) is 0 Å². The van der Waals surface area contributed by atoms with Crippen LogP contribution in [0.15, 0.2) is 60.7 Å². The Morgan fingerprint density at radius 2 is 1.81 bits per heavy atom. The lowest BCUT2D eigenvalue weighted by atomic mass is 9.78. The second kappa shape index (κ2) is 8.12. The van der Waals surface area contributed by atoms with Crippen LogP contribution in [-0.4, -0.2) is 27.2 Å². The van der Waals surface area contributed by atoms with E-state index in [9.17, 15) is 20.3 Å². The summed E-state index contributed by atoms with van der Waals surface area (Å²) in [5.74, 6) is 0.444. The largest absolute Gasteiger partial charge is 0.494 e. The van der Waals surface area contributed by atoms with Crippen LogP contribution in [0.4, 0.5) is 0 Å². The summed E-state index contributed by atoms with van der Waals surface area (Å²) < 4.78 is 14.0. The lowest BCUT2D eigenvalue weighted by Gasteiger charge is -2.26. The van der Waals surface area contributed by atoms with Gasteiger partial charge in [-0.15, -0.1) is 0 Å². The molecular weight excluding hydrogens is 468 g/mol. The number of fused-ring (bicyclic) bond motifs is 6. The van der Waals surface area contributed by atoms with Crippen LogP contribution in [0.25, 0.3) is 16.5 Å². The van der Waals surface area contributed by atoms with E-state index in [-0.39, 0.29) is 17.5 Å². The summed E-state index contributed by atoms with van der Waals surface area (Å²) in [5.41, 5.74) is 1.34. The maximum absolute atomic E-state index is 11.7. The number of aromatic nitrogens is 1. The smallest absolute Gasteiger partial charge is 0.205 e. The fourth-order valence-electron chi connectivity index (χ4n) is 6.05. The summed E-state index contributed by atoms with van der Waals surface area (Å²) in [6.45, 7) is 3.77. The molecule has 1 aromatic heterocycles. The minimum atomic E-state index is -0.808. The molecule has 0 radical (unpaired) electrons. The van der Waals surface area contributed by atoms with Crippen LogP contribution < -0.4 is 4.74 Å². The molecule has 0 aliphatic carbocycles. The molecule has 2 N–H and O–H groups in total. The Labute approximate surface area is 214 Å². The minimum absolute atomic E-state index is 0.0311. The first kappa shape index (κ1) is 23.1. The third-order valence-corrected chi connectivity index (χ3v) is 7.81. The van der Waals surface area contributed by atoms with Gasteiger partial charge in [-0.3, -0.25) is 9.36 Å². The van der Waals surface area contributed by atoms with Gasteiger partial charge in [0, 0.05) is 22.8 Å². The van der Waals surface area contributed by atoms with E-state index in [0.29, 0.717) is 59.6 Å². The number of carbonyl (C=O) groups excluding carboxylic acids is 1. The highest BCUT2D eigenvalue weighted by Gasteiger charge is 2.61. The third-order valence-electron chi connectivity index (χ3n) is 7.81. The molecule has 1 fully saturated rings. The normalized spacial score (nSPS) is 21.6. The summed E-state index contributed by atoms with van der Waals surface area (Å²) in [5, 5.41) is 34.1. The summed E-state index contributed by atoms with van der Waals surface area (Å²) >= 11 is 0. The molecule has 0 saturated carbocycles. The Bertz CT molecular complexity index is 1630. The van der Waals surface area contributed by atoms with E-state index in [4.69, 9.17) is 9.47 Å². The van der Waals surface area contributed by atoms with Crippen LogP contribution in [0.5, 0.6) is 17.5 Å². The fraction of sp³-hybridized carbons (Fsp3) is 0.267. The zero-order valence-corrected chi connectivity index (χ0v) is 20.6. The molecule has 186 valence electrons. The Balaban J connectivity index is 1.40. The molecule has 2 bridgehead atoms. The van der Waals surface area contributed by atoms with Crippen LogP contribution in [0.2, 0.25) is 0 Å². The first-order valence-corrected chi connectivity index (χ1v) is 12.3. The molecule has 3 heterocycles. The molecule has 7 heteroatoms. The number of hydrogen-bond donors (Lipinski definition) is 2. The number of rotatable bonds is 6. The number of aromatic hydroxyl groups is 2. The number of hydrogen-bond acceptors (Lipinski definition) is 6. The molecule has 37 heavy (non-hydrogen) atoms. The second-order valence-electron chi connectivity index (χ2n) is 10.0. The maximum Gasteiger partial charge on any atom is 0.205 e. The lowest BCUT2D eigenvalue weighted by molar-refractivity contribution is -0.0876. The number of Topliss-reactive ketones (excluding diaryl/α,β-unsaturated/α-hetero) is 1. The van der Waals surface area contributed by atoms with Gasteiger partial charge in [0.25, 0.3) is 0 Å². The van der Waals surface area contributed by atoms with E-state index < -0.39 is 11.2 Å². The Kier molecular flexibility index (Phi) is 5.08. The van der Waals surface area contributed by atoms with Crippen LogP contribution in [-0.2, 0) is 15.9 Å². The molecule has 6 rings (SSSR count). The van der Waals surface area contributed by atoms with Gasteiger partial charge in [-0.1, -0.05) is 36.4 Å². The lowest BCUT2D eigenvalue weighted by Crippen LogP contribution is -2.25. The SMILES string of the molecule is CC(=O)c1cccc(OCC[C@@]23CC[C@@](C)(O2)c2c3c(O)n(-c3ccc(C#N)c4ccccc34)c2O)c1. The average Bonchev–Trinajstić information content (AvgIpc) is 3.48. The predicted molar refractivity (Wildman–Crippen MR) is 137 cm³/mol. The van der Waals surface area contributed by atoms with Gasteiger partial charge in [0.2, 0.25) is 11.8 Å². The molecule has 4 aromatic rings. The molecule has 2 aliphatic heterocycles.